The van der Waals surface area contributed by atoms with Crippen LogP contribution in [-0.2, 0) is 16.2 Å². The zero-order valence-electron chi connectivity index (χ0n) is 12.7. The van der Waals surface area contributed by atoms with E-state index in [2.05, 4.69) is 5.32 Å². The summed E-state index contributed by atoms with van der Waals surface area (Å²) in [5, 5.41) is 11.5. The highest BCUT2D eigenvalue weighted by molar-refractivity contribution is 5.96. The van der Waals surface area contributed by atoms with Crippen LogP contribution in [0.1, 0.15) is 19.4 Å². The number of aliphatic hydroxyl groups is 1. The molecule has 0 aliphatic rings. The molecule has 116 valence electrons. The molecule has 6 nitrogen and oxygen atoms in total. The molecule has 0 spiro atoms. The van der Waals surface area contributed by atoms with Crippen LogP contribution in [0, 0.1) is 5.92 Å². The molecule has 0 saturated heterocycles. The predicted molar refractivity (Wildman–Crippen MR) is 81.6 cm³/mol. The third-order valence-corrected chi connectivity index (χ3v) is 3.32. The summed E-state index contributed by atoms with van der Waals surface area (Å²) in [6.45, 7) is 3.56. The number of carbonyl (C=O) groups excluding carboxylic acids is 2. The summed E-state index contributed by atoms with van der Waals surface area (Å²) in [5.41, 5.74) is 7.17. The lowest BCUT2D eigenvalue weighted by Gasteiger charge is -2.19. The minimum atomic E-state index is -0.619. The Hall–Kier alpha value is -1.92. The normalized spacial score (nSPS) is 12.1. The summed E-state index contributed by atoms with van der Waals surface area (Å²) < 4.78 is 0. The Morgan fingerprint density at radius 2 is 1.86 bits per heavy atom. The Morgan fingerprint density at radius 3 is 2.33 bits per heavy atom. The smallest absolute Gasteiger partial charge is 0.246 e. The zero-order chi connectivity index (χ0) is 16.0. The van der Waals surface area contributed by atoms with Gasteiger partial charge in [-0.05, 0) is 23.6 Å². The zero-order valence-corrected chi connectivity index (χ0v) is 12.7. The van der Waals surface area contributed by atoms with Crippen molar-refractivity contribution in [2.24, 2.45) is 11.7 Å². The predicted octanol–water partition coefficient (Wildman–Crippen LogP) is 0.241. The molecule has 1 rings (SSSR count). The lowest BCUT2D eigenvalue weighted by atomic mass is 10.1. The number of amides is 2. The lowest BCUT2D eigenvalue weighted by Crippen LogP contribution is -2.47. The van der Waals surface area contributed by atoms with Crippen LogP contribution in [-0.4, -0.2) is 36.6 Å². The van der Waals surface area contributed by atoms with Crippen molar-refractivity contribution in [1.29, 1.82) is 0 Å². The average molecular weight is 293 g/mol. The number of aliphatic hydroxyl groups excluding tert-OH is 1. The van der Waals surface area contributed by atoms with Crippen LogP contribution >= 0.6 is 0 Å². The number of rotatable bonds is 6. The second-order valence-corrected chi connectivity index (χ2v) is 5.26. The third-order valence-electron chi connectivity index (χ3n) is 3.32. The van der Waals surface area contributed by atoms with E-state index >= 15 is 0 Å². The molecule has 0 fully saturated rings. The maximum absolute atomic E-state index is 12.0. The number of carbonyl (C=O) groups is 2. The van der Waals surface area contributed by atoms with Gasteiger partial charge in [-0.1, -0.05) is 26.0 Å². The van der Waals surface area contributed by atoms with Crippen LogP contribution in [0.15, 0.2) is 24.3 Å². The van der Waals surface area contributed by atoms with Gasteiger partial charge in [-0.2, -0.15) is 0 Å². The monoisotopic (exact) mass is 293 g/mol. The molecule has 0 aliphatic carbocycles. The molecule has 0 heterocycles. The first-order valence-electron chi connectivity index (χ1n) is 6.86. The number of nitrogens with two attached hydrogens (primary N) is 1. The van der Waals surface area contributed by atoms with Gasteiger partial charge in [0.05, 0.1) is 19.2 Å². The molecule has 0 aliphatic heterocycles. The van der Waals surface area contributed by atoms with Gasteiger partial charge in [-0.15, -0.1) is 0 Å². The first-order valence-corrected chi connectivity index (χ1v) is 6.86. The molecule has 1 unspecified atom stereocenters. The summed E-state index contributed by atoms with van der Waals surface area (Å²) in [4.78, 5) is 25.2. The third kappa shape index (κ3) is 4.84. The molecule has 1 aromatic rings. The number of nitrogens with one attached hydrogen (secondary N) is 1. The Morgan fingerprint density at radius 1 is 1.29 bits per heavy atom. The van der Waals surface area contributed by atoms with Crippen molar-refractivity contribution in [2.75, 3.05) is 18.5 Å². The number of hydrogen-bond acceptors (Lipinski definition) is 4. The molecule has 6 heteroatoms. The van der Waals surface area contributed by atoms with Gasteiger partial charge < -0.3 is 21.1 Å². The molecule has 4 N–H and O–H groups in total. The Bertz CT molecular complexity index is 485. The second-order valence-electron chi connectivity index (χ2n) is 5.26. The van der Waals surface area contributed by atoms with E-state index in [-0.39, 0.29) is 30.9 Å². The Balaban J connectivity index is 2.56. The fourth-order valence-corrected chi connectivity index (χ4v) is 1.67. The van der Waals surface area contributed by atoms with Crippen LogP contribution < -0.4 is 16.0 Å². The van der Waals surface area contributed by atoms with Gasteiger partial charge >= 0.3 is 0 Å². The number of likely N-dealkylation sites (N-methyl/N-ethyl adjacent to an activating group) is 1. The van der Waals surface area contributed by atoms with Crippen LogP contribution in [0.3, 0.4) is 0 Å². The van der Waals surface area contributed by atoms with Crippen molar-refractivity contribution in [3.05, 3.63) is 29.8 Å². The molecule has 2 amide bonds. The molecular formula is C15H23N3O3. The van der Waals surface area contributed by atoms with Crippen LogP contribution in [0.5, 0.6) is 0 Å². The molecular weight excluding hydrogens is 270 g/mol. The lowest BCUT2D eigenvalue weighted by molar-refractivity contribution is -0.126. The molecule has 1 atom stereocenters. The van der Waals surface area contributed by atoms with E-state index in [1.165, 1.54) is 4.90 Å². The number of nitrogens with zero attached hydrogens (tertiary/aromatic N) is 1. The van der Waals surface area contributed by atoms with Crippen molar-refractivity contribution in [2.45, 2.75) is 26.5 Å². The van der Waals surface area contributed by atoms with E-state index in [4.69, 9.17) is 10.8 Å². The summed E-state index contributed by atoms with van der Waals surface area (Å²) in [5.74, 6) is -0.553. The van der Waals surface area contributed by atoms with Crippen LogP contribution in [0.2, 0.25) is 0 Å². The van der Waals surface area contributed by atoms with Crippen molar-refractivity contribution < 1.29 is 14.7 Å². The van der Waals surface area contributed by atoms with Crippen molar-refractivity contribution in [1.82, 2.24) is 5.32 Å². The van der Waals surface area contributed by atoms with E-state index in [1.807, 2.05) is 13.8 Å². The quantitative estimate of drug-likeness (QED) is 0.700. The maximum Gasteiger partial charge on any atom is 0.246 e. The minimum Gasteiger partial charge on any atom is -0.392 e. The molecule has 1 aromatic carbocycles. The Labute approximate surface area is 124 Å². The van der Waals surface area contributed by atoms with E-state index in [0.717, 1.165) is 5.56 Å². The van der Waals surface area contributed by atoms with E-state index in [0.29, 0.717) is 5.69 Å². The fraction of sp³-hybridized carbons (Fsp3) is 0.467. The first kappa shape index (κ1) is 17.1. The van der Waals surface area contributed by atoms with Crippen LogP contribution in [0.25, 0.3) is 0 Å². The molecule has 0 aromatic heterocycles. The van der Waals surface area contributed by atoms with Crippen molar-refractivity contribution in [3.8, 4) is 0 Å². The molecule has 0 radical (unpaired) electrons. The fourth-order valence-electron chi connectivity index (χ4n) is 1.67. The van der Waals surface area contributed by atoms with Gasteiger partial charge in [0.2, 0.25) is 11.8 Å². The van der Waals surface area contributed by atoms with E-state index in [9.17, 15) is 9.59 Å². The minimum absolute atomic E-state index is 0.0175. The number of anilines is 1. The second kappa shape index (κ2) is 7.75. The van der Waals surface area contributed by atoms with Gasteiger partial charge in [0.15, 0.2) is 0 Å². The van der Waals surface area contributed by atoms with Gasteiger partial charge in [0, 0.05) is 12.7 Å². The Kier molecular flexibility index (Phi) is 6.33. The first-order chi connectivity index (χ1) is 9.86. The van der Waals surface area contributed by atoms with Gasteiger partial charge in [-0.3, -0.25) is 9.59 Å². The molecule has 0 saturated carbocycles. The summed E-state index contributed by atoms with van der Waals surface area (Å²) in [6.07, 6.45) is 0. The summed E-state index contributed by atoms with van der Waals surface area (Å²) in [7, 11) is 1.63. The van der Waals surface area contributed by atoms with E-state index in [1.54, 1.807) is 31.3 Å². The van der Waals surface area contributed by atoms with Gasteiger partial charge in [-0.25, -0.2) is 0 Å². The van der Waals surface area contributed by atoms with Crippen LogP contribution in [0.4, 0.5) is 5.69 Å². The standard InChI is InChI=1S/C15H23N3O3/c1-10(2)14(16)15(21)17-8-13(20)18(3)12-6-4-11(9-19)5-7-12/h4-7,10,14,19H,8-9,16H2,1-3H3,(H,17,21). The SMILES string of the molecule is CC(C)C(N)C(=O)NCC(=O)N(C)c1ccc(CO)cc1. The van der Waals surface area contributed by atoms with Crippen molar-refractivity contribution in [3.63, 3.8) is 0 Å². The summed E-state index contributed by atoms with van der Waals surface area (Å²) in [6, 6.07) is 6.35. The maximum atomic E-state index is 12.0. The van der Waals surface area contributed by atoms with Crippen molar-refractivity contribution >= 4 is 17.5 Å². The molecule has 21 heavy (non-hydrogen) atoms. The summed E-state index contributed by atoms with van der Waals surface area (Å²) >= 11 is 0. The van der Waals surface area contributed by atoms with E-state index < -0.39 is 6.04 Å². The number of benzene rings is 1. The highest BCUT2D eigenvalue weighted by Crippen LogP contribution is 2.13. The van der Waals surface area contributed by atoms with Gasteiger partial charge in [0.25, 0.3) is 0 Å². The largest absolute Gasteiger partial charge is 0.392 e. The number of hydrogen-bond donors (Lipinski definition) is 3. The highest BCUT2D eigenvalue weighted by atomic mass is 16.3. The molecule has 0 bridgehead atoms. The topological polar surface area (TPSA) is 95.7 Å². The average Bonchev–Trinajstić information content (AvgIpc) is 2.50. The highest BCUT2D eigenvalue weighted by Gasteiger charge is 2.19. The van der Waals surface area contributed by atoms with Gasteiger partial charge in [0.1, 0.15) is 0 Å².